The van der Waals surface area contributed by atoms with E-state index in [9.17, 15) is 0 Å². The lowest BCUT2D eigenvalue weighted by Gasteiger charge is -2.00. The number of hydrogen-bond donors (Lipinski definition) is 2. The van der Waals surface area contributed by atoms with Crippen LogP contribution < -0.4 is 5.32 Å². The minimum Gasteiger partial charge on any atom is -0.396 e. The molecule has 0 aromatic heterocycles. The Bertz CT molecular complexity index is 120. The summed E-state index contributed by atoms with van der Waals surface area (Å²) in [7, 11) is 0. The van der Waals surface area contributed by atoms with Crippen LogP contribution in [0.4, 0.5) is 0 Å². The maximum Gasteiger partial charge on any atom is 0.0635 e. The first-order valence-electron chi connectivity index (χ1n) is 4.60. The van der Waals surface area contributed by atoms with Crippen LogP contribution in [-0.4, -0.2) is 24.8 Å². The molecule has 0 amide bonds. The summed E-state index contributed by atoms with van der Waals surface area (Å²) in [5.41, 5.74) is 0. The van der Waals surface area contributed by atoms with Gasteiger partial charge in [0, 0.05) is 19.6 Å². The molecule has 0 atom stereocenters. The van der Waals surface area contributed by atoms with Gasteiger partial charge in [0.25, 0.3) is 0 Å². The van der Waals surface area contributed by atoms with Crippen molar-refractivity contribution in [2.45, 2.75) is 32.1 Å². The summed E-state index contributed by atoms with van der Waals surface area (Å²) in [5, 5.41) is 19.9. The number of nitrogens with one attached hydrogen (secondary N) is 1. The van der Waals surface area contributed by atoms with Gasteiger partial charge in [0.05, 0.1) is 6.07 Å². The van der Waals surface area contributed by atoms with E-state index in [1.54, 1.807) is 0 Å². The van der Waals surface area contributed by atoms with E-state index in [1.165, 1.54) is 6.42 Å². The number of aliphatic hydroxyl groups excluding tert-OH is 1. The normalized spacial score (nSPS) is 9.67. The molecule has 2 N–H and O–H groups in total. The molecule has 0 rings (SSSR count). The quantitative estimate of drug-likeness (QED) is 0.535. The third-order valence-corrected chi connectivity index (χ3v) is 1.68. The first kappa shape index (κ1) is 11.4. The molecule has 0 bridgehead atoms. The Kier molecular flexibility index (Phi) is 9.90. The van der Waals surface area contributed by atoms with Crippen molar-refractivity contribution in [2.24, 2.45) is 0 Å². The number of aliphatic hydroxyl groups is 1. The van der Waals surface area contributed by atoms with Crippen molar-refractivity contribution in [3.8, 4) is 6.07 Å². The second-order valence-corrected chi connectivity index (χ2v) is 2.80. The van der Waals surface area contributed by atoms with E-state index in [1.807, 2.05) is 0 Å². The molecular formula is C9H18N2O. The van der Waals surface area contributed by atoms with Crippen molar-refractivity contribution >= 4 is 0 Å². The van der Waals surface area contributed by atoms with Crippen molar-refractivity contribution in [1.82, 2.24) is 5.32 Å². The maximum atomic E-state index is 8.49. The lowest BCUT2D eigenvalue weighted by atomic mass is 10.2. The fourth-order valence-electron chi connectivity index (χ4n) is 0.985. The Balaban J connectivity index is 2.78. The molecule has 0 aliphatic rings. The van der Waals surface area contributed by atoms with Gasteiger partial charge in [-0.05, 0) is 19.4 Å². The third-order valence-electron chi connectivity index (χ3n) is 1.68. The van der Waals surface area contributed by atoms with Gasteiger partial charge in [0.1, 0.15) is 0 Å². The van der Waals surface area contributed by atoms with Crippen LogP contribution in [0.2, 0.25) is 0 Å². The zero-order valence-corrected chi connectivity index (χ0v) is 7.55. The van der Waals surface area contributed by atoms with Crippen LogP contribution >= 0.6 is 0 Å². The lowest BCUT2D eigenvalue weighted by molar-refractivity contribution is 0.282. The molecule has 70 valence electrons. The zero-order chi connectivity index (χ0) is 9.07. The average molecular weight is 170 g/mol. The Morgan fingerprint density at radius 1 is 1.08 bits per heavy atom. The van der Waals surface area contributed by atoms with Crippen LogP contribution in [0.3, 0.4) is 0 Å². The summed E-state index contributed by atoms with van der Waals surface area (Å²) in [6.45, 7) is 2.10. The van der Waals surface area contributed by atoms with Crippen molar-refractivity contribution in [1.29, 1.82) is 5.26 Å². The monoisotopic (exact) mass is 170 g/mol. The highest BCUT2D eigenvalue weighted by Crippen LogP contribution is 1.97. The molecule has 0 aliphatic heterocycles. The van der Waals surface area contributed by atoms with E-state index >= 15 is 0 Å². The van der Waals surface area contributed by atoms with Crippen LogP contribution in [-0.2, 0) is 0 Å². The van der Waals surface area contributed by atoms with E-state index in [4.69, 9.17) is 10.4 Å². The lowest BCUT2D eigenvalue weighted by Crippen LogP contribution is -2.16. The van der Waals surface area contributed by atoms with E-state index in [0.717, 1.165) is 32.4 Å². The van der Waals surface area contributed by atoms with Crippen LogP contribution in [0.5, 0.6) is 0 Å². The Hall–Kier alpha value is -0.590. The van der Waals surface area contributed by atoms with Crippen LogP contribution in [0.25, 0.3) is 0 Å². The zero-order valence-electron chi connectivity index (χ0n) is 7.55. The predicted octanol–water partition coefficient (Wildman–Crippen LogP) is 1.04. The molecule has 0 spiro atoms. The van der Waals surface area contributed by atoms with Gasteiger partial charge in [-0.15, -0.1) is 0 Å². The van der Waals surface area contributed by atoms with E-state index < -0.39 is 0 Å². The van der Waals surface area contributed by atoms with Gasteiger partial charge < -0.3 is 10.4 Å². The van der Waals surface area contributed by atoms with Crippen LogP contribution in [0, 0.1) is 11.3 Å². The minimum absolute atomic E-state index is 0.307. The number of rotatable bonds is 8. The highest BCUT2D eigenvalue weighted by atomic mass is 16.2. The Labute approximate surface area is 74.4 Å². The van der Waals surface area contributed by atoms with Crippen molar-refractivity contribution in [3.05, 3.63) is 0 Å². The van der Waals surface area contributed by atoms with E-state index in [2.05, 4.69) is 11.4 Å². The molecule has 0 saturated heterocycles. The average Bonchev–Trinajstić information content (AvgIpc) is 2.10. The first-order chi connectivity index (χ1) is 5.91. The van der Waals surface area contributed by atoms with Crippen LogP contribution in [0.15, 0.2) is 0 Å². The fourth-order valence-corrected chi connectivity index (χ4v) is 0.985. The largest absolute Gasteiger partial charge is 0.396 e. The van der Waals surface area contributed by atoms with Crippen molar-refractivity contribution < 1.29 is 5.11 Å². The van der Waals surface area contributed by atoms with E-state index in [-0.39, 0.29) is 0 Å². The summed E-state index contributed by atoms with van der Waals surface area (Å²) in [5.74, 6) is 0. The summed E-state index contributed by atoms with van der Waals surface area (Å²) >= 11 is 0. The standard InChI is InChI=1S/C9H18N2O/c10-6-5-8-11-7-3-1-2-4-9-12/h11-12H,1-5,7-9H2. The van der Waals surface area contributed by atoms with E-state index in [0.29, 0.717) is 13.0 Å². The van der Waals surface area contributed by atoms with Gasteiger partial charge in [0.2, 0.25) is 0 Å². The molecule has 3 heteroatoms. The number of unbranched alkanes of at least 4 members (excludes halogenated alkanes) is 3. The SMILES string of the molecule is N#CCCNCCCCCCO. The maximum absolute atomic E-state index is 8.49. The molecule has 3 nitrogen and oxygen atoms in total. The third kappa shape index (κ3) is 9.41. The number of nitriles is 1. The predicted molar refractivity (Wildman–Crippen MR) is 48.7 cm³/mol. The van der Waals surface area contributed by atoms with Crippen LogP contribution in [0.1, 0.15) is 32.1 Å². The van der Waals surface area contributed by atoms with Gasteiger partial charge in [0.15, 0.2) is 0 Å². The molecule has 0 heterocycles. The molecule has 0 aliphatic carbocycles. The summed E-state index contributed by atoms with van der Waals surface area (Å²) in [6, 6.07) is 2.08. The molecule has 0 unspecified atom stereocenters. The number of nitrogens with zero attached hydrogens (tertiary/aromatic N) is 1. The highest BCUT2D eigenvalue weighted by molar-refractivity contribution is 4.69. The second-order valence-electron chi connectivity index (χ2n) is 2.80. The van der Waals surface area contributed by atoms with Gasteiger partial charge in [-0.1, -0.05) is 12.8 Å². The highest BCUT2D eigenvalue weighted by Gasteiger charge is 1.88. The molecule has 0 saturated carbocycles. The molecular weight excluding hydrogens is 152 g/mol. The Morgan fingerprint density at radius 3 is 2.50 bits per heavy atom. The minimum atomic E-state index is 0.307. The molecule has 0 fully saturated rings. The summed E-state index contributed by atoms with van der Waals surface area (Å²) in [4.78, 5) is 0. The summed E-state index contributed by atoms with van der Waals surface area (Å²) in [6.07, 6.45) is 4.93. The summed E-state index contributed by atoms with van der Waals surface area (Å²) < 4.78 is 0. The van der Waals surface area contributed by atoms with Crippen molar-refractivity contribution in [2.75, 3.05) is 19.7 Å². The second kappa shape index (κ2) is 10.4. The van der Waals surface area contributed by atoms with Gasteiger partial charge >= 0.3 is 0 Å². The van der Waals surface area contributed by atoms with Gasteiger partial charge in [-0.2, -0.15) is 5.26 Å². The van der Waals surface area contributed by atoms with Gasteiger partial charge in [-0.3, -0.25) is 0 Å². The molecule has 12 heavy (non-hydrogen) atoms. The molecule has 0 aromatic carbocycles. The van der Waals surface area contributed by atoms with Gasteiger partial charge in [-0.25, -0.2) is 0 Å². The molecule has 0 aromatic rings. The number of hydrogen-bond acceptors (Lipinski definition) is 3. The Morgan fingerprint density at radius 2 is 1.83 bits per heavy atom. The topological polar surface area (TPSA) is 56.0 Å². The first-order valence-corrected chi connectivity index (χ1v) is 4.60. The smallest absolute Gasteiger partial charge is 0.0635 e. The van der Waals surface area contributed by atoms with Crippen molar-refractivity contribution in [3.63, 3.8) is 0 Å². The fraction of sp³-hybridized carbons (Fsp3) is 0.889. The molecule has 0 radical (unpaired) electrons.